The second kappa shape index (κ2) is 7.15. The molecule has 0 amide bonds. The third-order valence-electron chi connectivity index (χ3n) is 4.87. The number of aryl methyl sites for hydroxylation is 1. The van der Waals surface area contributed by atoms with Crippen molar-refractivity contribution in [2.75, 3.05) is 13.2 Å². The van der Waals surface area contributed by atoms with Gasteiger partial charge in [0.05, 0.1) is 11.2 Å². The van der Waals surface area contributed by atoms with Gasteiger partial charge in [-0.1, -0.05) is 0 Å². The quantitative estimate of drug-likeness (QED) is 0.770. The molecule has 124 valence electrons. The van der Waals surface area contributed by atoms with Gasteiger partial charge in [-0.2, -0.15) is 5.10 Å². The molecule has 0 unspecified atom stereocenters. The van der Waals surface area contributed by atoms with Crippen LogP contribution in [0.15, 0.2) is 12.4 Å². The molecule has 6 heteroatoms. The number of aliphatic hydroxyl groups is 1. The molecule has 1 N–H and O–H groups in total. The van der Waals surface area contributed by atoms with Crippen molar-refractivity contribution in [3.8, 4) is 0 Å². The van der Waals surface area contributed by atoms with Gasteiger partial charge < -0.3 is 14.5 Å². The Morgan fingerprint density at radius 3 is 2.68 bits per heavy atom. The van der Waals surface area contributed by atoms with Crippen molar-refractivity contribution in [3.63, 3.8) is 0 Å². The van der Waals surface area contributed by atoms with Gasteiger partial charge in [-0.05, 0) is 58.3 Å². The minimum Gasteiger partial charge on any atom is -0.427 e. The molecule has 1 aliphatic rings. The van der Waals surface area contributed by atoms with Gasteiger partial charge in [-0.25, -0.2) is 0 Å². The van der Waals surface area contributed by atoms with Crippen molar-refractivity contribution in [3.05, 3.63) is 12.4 Å². The molecule has 1 aromatic rings. The molecule has 5 nitrogen and oxygen atoms in total. The Hall–Kier alpha value is -0.845. The van der Waals surface area contributed by atoms with E-state index in [0.717, 1.165) is 50.4 Å². The molecular weight excluding hydrogens is 279 g/mol. The van der Waals surface area contributed by atoms with Crippen LogP contribution < -0.4 is 5.46 Å². The Kier molecular flexibility index (Phi) is 5.69. The third-order valence-corrected chi connectivity index (χ3v) is 4.87. The third kappa shape index (κ3) is 4.83. The second-order valence-corrected chi connectivity index (χ2v) is 7.31. The van der Waals surface area contributed by atoms with Gasteiger partial charge in [-0.15, -0.1) is 0 Å². The summed E-state index contributed by atoms with van der Waals surface area (Å²) in [5.41, 5.74) is -0.437. The summed E-state index contributed by atoms with van der Waals surface area (Å²) in [6, 6.07) is 0. The van der Waals surface area contributed by atoms with Crippen LogP contribution in [0, 0.1) is 5.92 Å². The highest BCUT2D eigenvalue weighted by molar-refractivity contribution is 6.46. The number of aromatic nitrogens is 2. The zero-order chi connectivity index (χ0) is 16.2. The fourth-order valence-electron chi connectivity index (χ4n) is 2.39. The molecule has 0 saturated carbocycles. The van der Waals surface area contributed by atoms with E-state index in [0.29, 0.717) is 7.48 Å². The summed E-state index contributed by atoms with van der Waals surface area (Å²) in [6.45, 7) is 10.1. The lowest BCUT2D eigenvalue weighted by molar-refractivity contribution is -0.0893. The molecule has 0 spiro atoms. The molecule has 22 heavy (non-hydrogen) atoms. The molecule has 0 atom stereocenters. The van der Waals surface area contributed by atoms with Crippen LogP contribution in [0.3, 0.4) is 0 Å². The van der Waals surface area contributed by atoms with Crippen molar-refractivity contribution in [1.29, 1.82) is 0 Å². The Bertz CT molecular complexity index is 462. The summed E-state index contributed by atoms with van der Waals surface area (Å²) in [7, 11) is 0.467. The van der Waals surface area contributed by atoms with Gasteiger partial charge >= 0.3 is 7.48 Å². The lowest BCUT2D eigenvalue weighted by Gasteiger charge is -2.37. The Morgan fingerprint density at radius 1 is 1.36 bits per heavy atom. The van der Waals surface area contributed by atoms with Crippen LogP contribution in [0.5, 0.6) is 0 Å². The first-order chi connectivity index (χ1) is 10.3. The zero-order valence-electron chi connectivity index (χ0n) is 14.3. The van der Waals surface area contributed by atoms with E-state index < -0.39 is 11.2 Å². The molecular formula is C16H29BN2O3. The van der Waals surface area contributed by atoms with Crippen molar-refractivity contribution in [1.82, 2.24) is 9.78 Å². The fourth-order valence-corrected chi connectivity index (χ4v) is 2.39. The van der Waals surface area contributed by atoms with Gasteiger partial charge in [0.15, 0.2) is 0 Å². The second-order valence-electron chi connectivity index (χ2n) is 7.31. The molecule has 0 radical (unpaired) electrons. The highest BCUT2D eigenvalue weighted by Crippen LogP contribution is 2.24. The average molecular weight is 308 g/mol. The first-order valence-corrected chi connectivity index (χ1v) is 8.23. The van der Waals surface area contributed by atoms with E-state index in [2.05, 4.69) is 5.10 Å². The maximum Gasteiger partial charge on any atom is 0.312 e. The van der Waals surface area contributed by atoms with Crippen LogP contribution in [0.1, 0.15) is 47.0 Å². The van der Waals surface area contributed by atoms with Crippen molar-refractivity contribution in [2.45, 2.75) is 64.7 Å². The van der Waals surface area contributed by atoms with Gasteiger partial charge in [0, 0.05) is 32.2 Å². The largest absolute Gasteiger partial charge is 0.427 e. The Morgan fingerprint density at radius 2 is 2.05 bits per heavy atom. The lowest BCUT2D eigenvalue weighted by atomic mass is 9.84. The normalized spacial score (nSPS) is 17.7. The summed E-state index contributed by atoms with van der Waals surface area (Å²) < 4.78 is 13.2. The molecule has 1 saturated heterocycles. The summed E-state index contributed by atoms with van der Waals surface area (Å²) in [5, 5.41) is 14.5. The predicted octanol–water partition coefficient (Wildman–Crippen LogP) is 1.24. The van der Waals surface area contributed by atoms with E-state index >= 15 is 0 Å². The minimum absolute atomic E-state index is 0.467. The number of ether oxygens (including phenoxy) is 1. The van der Waals surface area contributed by atoms with Crippen LogP contribution in [-0.4, -0.2) is 46.8 Å². The highest BCUT2D eigenvalue weighted by Gasteiger charge is 2.35. The van der Waals surface area contributed by atoms with Crippen LogP contribution in [0.2, 0.25) is 0 Å². The molecule has 0 aromatic carbocycles. The van der Waals surface area contributed by atoms with E-state index in [4.69, 9.17) is 9.39 Å². The average Bonchev–Trinajstić information content (AvgIpc) is 2.91. The van der Waals surface area contributed by atoms with E-state index in [-0.39, 0.29) is 0 Å². The van der Waals surface area contributed by atoms with Gasteiger partial charge in [-0.3, -0.25) is 4.68 Å². The molecule has 1 aromatic heterocycles. The van der Waals surface area contributed by atoms with Crippen LogP contribution in [-0.2, 0) is 15.9 Å². The van der Waals surface area contributed by atoms with E-state index in [1.165, 1.54) is 0 Å². The fraction of sp³-hybridized carbons (Fsp3) is 0.812. The van der Waals surface area contributed by atoms with E-state index in [9.17, 15) is 5.11 Å². The number of rotatable bonds is 7. The van der Waals surface area contributed by atoms with Crippen LogP contribution in [0.25, 0.3) is 0 Å². The molecule has 2 heterocycles. The Labute approximate surface area is 134 Å². The molecule has 0 aliphatic carbocycles. The van der Waals surface area contributed by atoms with Crippen LogP contribution in [0.4, 0.5) is 0 Å². The summed E-state index contributed by atoms with van der Waals surface area (Å²) in [5.74, 6) is 0.756. The lowest BCUT2D eigenvalue weighted by Crippen LogP contribution is -2.49. The zero-order valence-corrected chi connectivity index (χ0v) is 14.3. The van der Waals surface area contributed by atoms with Crippen LogP contribution >= 0.6 is 0 Å². The molecule has 0 bridgehead atoms. The van der Waals surface area contributed by atoms with Gasteiger partial charge in [0.2, 0.25) is 0 Å². The first kappa shape index (κ1) is 17.5. The number of nitrogens with zero attached hydrogens (tertiary/aromatic N) is 2. The topological polar surface area (TPSA) is 56.5 Å². The monoisotopic (exact) mass is 308 g/mol. The first-order valence-electron chi connectivity index (χ1n) is 8.23. The number of hydrogen-bond acceptors (Lipinski definition) is 4. The standard InChI is InChI=1S/C16H29BN2O3/c1-15(2,20)16(3,4)22-17-14-11-18-19(12-14)8-5-13-6-9-21-10-7-13/h11-13,17,20H,5-10H2,1-4H3. The maximum absolute atomic E-state index is 10.1. The van der Waals surface area contributed by atoms with E-state index in [1.807, 2.05) is 30.9 Å². The SMILES string of the molecule is CC(C)(O)C(C)(C)OBc1cnn(CCC2CCOCC2)c1. The summed E-state index contributed by atoms with van der Waals surface area (Å²) in [6.07, 6.45) is 7.37. The Balaban J connectivity index is 1.79. The summed E-state index contributed by atoms with van der Waals surface area (Å²) >= 11 is 0. The summed E-state index contributed by atoms with van der Waals surface area (Å²) in [4.78, 5) is 0. The van der Waals surface area contributed by atoms with E-state index in [1.54, 1.807) is 13.8 Å². The predicted molar refractivity (Wildman–Crippen MR) is 88.6 cm³/mol. The van der Waals surface area contributed by atoms with Gasteiger partial charge in [0.25, 0.3) is 0 Å². The maximum atomic E-state index is 10.1. The van der Waals surface area contributed by atoms with Gasteiger partial charge in [0.1, 0.15) is 0 Å². The molecule has 1 aliphatic heterocycles. The highest BCUT2D eigenvalue weighted by atomic mass is 16.5. The van der Waals surface area contributed by atoms with Crippen molar-refractivity contribution < 1.29 is 14.5 Å². The van der Waals surface area contributed by atoms with Crippen molar-refractivity contribution in [2.24, 2.45) is 5.92 Å². The number of hydrogen-bond donors (Lipinski definition) is 1. The smallest absolute Gasteiger partial charge is 0.312 e. The molecule has 2 rings (SSSR count). The minimum atomic E-state index is -0.883. The molecule has 1 fully saturated rings. The van der Waals surface area contributed by atoms with Crippen molar-refractivity contribution >= 4 is 12.9 Å².